The van der Waals surface area contributed by atoms with Gasteiger partial charge in [0.15, 0.2) is 0 Å². The maximum absolute atomic E-state index is 14.0. The average Bonchev–Trinajstić information content (AvgIpc) is 2.31. The minimum Gasteiger partial charge on any atom is -0.290 e. The molecule has 0 fully saturated rings. The Bertz CT molecular complexity index is 733. The van der Waals surface area contributed by atoms with Gasteiger partial charge in [-0.25, -0.2) is 9.18 Å². The number of rotatable bonds is 2. The van der Waals surface area contributed by atoms with Crippen molar-refractivity contribution in [3.63, 3.8) is 0 Å². The highest BCUT2D eigenvalue weighted by molar-refractivity contribution is 9.10. The van der Waals surface area contributed by atoms with Gasteiger partial charge in [-0.05, 0) is 26.0 Å². The normalized spacial score (nSPS) is 11.1. The summed E-state index contributed by atoms with van der Waals surface area (Å²) in [5, 5.41) is 0.213. The van der Waals surface area contributed by atoms with E-state index in [1.807, 2.05) is 0 Å². The average molecular weight is 315 g/mol. The van der Waals surface area contributed by atoms with Gasteiger partial charge >= 0.3 is 5.69 Å². The fourth-order valence-corrected chi connectivity index (χ4v) is 2.48. The largest absolute Gasteiger partial charge is 0.331 e. The highest BCUT2D eigenvalue weighted by atomic mass is 79.9. The third-order valence-electron chi connectivity index (χ3n) is 2.87. The van der Waals surface area contributed by atoms with Gasteiger partial charge in [-0.3, -0.25) is 13.9 Å². The van der Waals surface area contributed by atoms with E-state index in [9.17, 15) is 14.0 Å². The van der Waals surface area contributed by atoms with Gasteiger partial charge in [0.25, 0.3) is 5.56 Å². The molecule has 0 saturated carbocycles. The van der Waals surface area contributed by atoms with Crippen molar-refractivity contribution in [3.05, 3.63) is 43.3 Å². The topological polar surface area (TPSA) is 44.0 Å². The number of hydrogen-bond donors (Lipinski definition) is 0. The van der Waals surface area contributed by atoms with E-state index < -0.39 is 17.1 Å². The van der Waals surface area contributed by atoms with Gasteiger partial charge in [-0.1, -0.05) is 15.9 Å². The maximum Gasteiger partial charge on any atom is 0.331 e. The summed E-state index contributed by atoms with van der Waals surface area (Å²) in [6.45, 7) is 4.03. The minimum absolute atomic E-state index is 0.0698. The van der Waals surface area contributed by atoms with Crippen molar-refractivity contribution in [2.45, 2.75) is 26.9 Å². The molecule has 1 aromatic carbocycles. The van der Waals surface area contributed by atoms with Gasteiger partial charge in [0, 0.05) is 17.6 Å². The molecule has 0 aliphatic rings. The van der Waals surface area contributed by atoms with Gasteiger partial charge < -0.3 is 0 Å². The molecule has 0 saturated heterocycles. The Labute approximate surface area is 111 Å². The molecule has 0 aliphatic heterocycles. The van der Waals surface area contributed by atoms with Crippen molar-refractivity contribution in [3.8, 4) is 0 Å². The summed E-state index contributed by atoms with van der Waals surface area (Å²) in [7, 11) is 0. The van der Waals surface area contributed by atoms with Crippen molar-refractivity contribution in [2.24, 2.45) is 0 Å². The molecule has 0 amide bonds. The van der Waals surface area contributed by atoms with Crippen molar-refractivity contribution in [1.82, 2.24) is 9.13 Å². The van der Waals surface area contributed by atoms with E-state index in [-0.39, 0.29) is 17.4 Å². The van der Waals surface area contributed by atoms with Crippen LogP contribution in [0.1, 0.15) is 13.8 Å². The standard InChI is InChI=1S/C12H12BrFN2O2/c1-3-15-10-8(5-7(13)6-9(10)14)11(17)16(4-2)12(15)18/h5-6H,3-4H2,1-2H3. The molecular weight excluding hydrogens is 303 g/mol. The zero-order chi connectivity index (χ0) is 13.4. The summed E-state index contributed by atoms with van der Waals surface area (Å²) in [4.78, 5) is 24.2. The molecule has 0 N–H and O–H groups in total. The van der Waals surface area contributed by atoms with Crippen LogP contribution in [0.15, 0.2) is 26.2 Å². The number of hydrogen-bond acceptors (Lipinski definition) is 2. The van der Waals surface area contributed by atoms with Crippen LogP contribution in [0, 0.1) is 5.82 Å². The highest BCUT2D eigenvalue weighted by Gasteiger charge is 2.15. The SMILES string of the molecule is CCn1c(=O)c2cc(Br)cc(F)c2n(CC)c1=O. The molecule has 0 bridgehead atoms. The van der Waals surface area contributed by atoms with Crippen LogP contribution in [0.5, 0.6) is 0 Å². The molecule has 1 aromatic heterocycles. The zero-order valence-corrected chi connectivity index (χ0v) is 11.6. The Hall–Kier alpha value is -1.43. The fraction of sp³-hybridized carbons (Fsp3) is 0.333. The predicted molar refractivity (Wildman–Crippen MR) is 71.5 cm³/mol. The Morgan fingerprint density at radius 3 is 2.33 bits per heavy atom. The number of nitrogens with zero attached hydrogens (tertiary/aromatic N) is 2. The summed E-state index contributed by atoms with van der Waals surface area (Å²) in [6.07, 6.45) is 0. The summed E-state index contributed by atoms with van der Waals surface area (Å²) < 4.78 is 16.8. The van der Waals surface area contributed by atoms with E-state index in [1.165, 1.54) is 10.6 Å². The van der Waals surface area contributed by atoms with Gasteiger partial charge in [0.2, 0.25) is 0 Å². The Balaban J connectivity index is 3.14. The predicted octanol–water partition coefficient (Wildman–Crippen LogP) is 2.10. The molecule has 0 radical (unpaired) electrons. The maximum atomic E-state index is 14.0. The molecule has 2 aromatic rings. The van der Waals surface area contributed by atoms with Gasteiger partial charge in [-0.15, -0.1) is 0 Å². The summed E-state index contributed by atoms with van der Waals surface area (Å²) in [5.74, 6) is -0.571. The molecule has 4 nitrogen and oxygen atoms in total. The quantitative estimate of drug-likeness (QED) is 0.852. The molecule has 0 unspecified atom stereocenters. The first-order chi connectivity index (χ1) is 8.51. The fourth-order valence-electron chi connectivity index (χ4n) is 2.05. The Morgan fingerprint density at radius 2 is 1.78 bits per heavy atom. The molecule has 6 heteroatoms. The van der Waals surface area contributed by atoms with Gasteiger partial charge in [-0.2, -0.15) is 0 Å². The van der Waals surface area contributed by atoms with Crippen molar-refractivity contribution >= 4 is 26.8 Å². The van der Waals surface area contributed by atoms with Crippen LogP contribution in [0.3, 0.4) is 0 Å². The minimum atomic E-state index is -0.571. The van der Waals surface area contributed by atoms with E-state index in [1.54, 1.807) is 19.9 Å². The second-order valence-electron chi connectivity index (χ2n) is 3.86. The van der Waals surface area contributed by atoms with E-state index in [2.05, 4.69) is 15.9 Å². The number of benzene rings is 1. The number of aromatic nitrogens is 2. The summed E-state index contributed by atoms with van der Waals surface area (Å²) in [6, 6.07) is 2.79. The molecule has 0 atom stereocenters. The van der Waals surface area contributed by atoms with Crippen molar-refractivity contribution in [2.75, 3.05) is 0 Å². The van der Waals surface area contributed by atoms with Crippen LogP contribution < -0.4 is 11.2 Å². The zero-order valence-electron chi connectivity index (χ0n) is 10.0. The lowest BCUT2D eigenvalue weighted by molar-refractivity contribution is 0.582. The molecule has 0 aliphatic carbocycles. The third-order valence-corrected chi connectivity index (χ3v) is 3.33. The van der Waals surface area contributed by atoms with Crippen LogP contribution in [-0.4, -0.2) is 9.13 Å². The molecular formula is C12H12BrFN2O2. The Morgan fingerprint density at radius 1 is 1.17 bits per heavy atom. The number of aryl methyl sites for hydroxylation is 1. The molecule has 0 spiro atoms. The highest BCUT2D eigenvalue weighted by Crippen LogP contribution is 2.20. The van der Waals surface area contributed by atoms with Crippen LogP contribution in [0.25, 0.3) is 10.9 Å². The van der Waals surface area contributed by atoms with E-state index in [4.69, 9.17) is 0 Å². The van der Waals surface area contributed by atoms with Crippen LogP contribution >= 0.6 is 15.9 Å². The van der Waals surface area contributed by atoms with Gasteiger partial charge in [0.05, 0.1) is 10.9 Å². The van der Waals surface area contributed by atoms with Crippen LogP contribution in [0.4, 0.5) is 4.39 Å². The number of halogens is 2. The van der Waals surface area contributed by atoms with Gasteiger partial charge in [0.1, 0.15) is 5.82 Å². The molecule has 2 rings (SSSR count). The third kappa shape index (κ3) is 1.80. The van der Waals surface area contributed by atoms with E-state index in [0.29, 0.717) is 11.0 Å². The molecule has 18 heavy (non-hydrogen) atoms. The second-order valence-corrected chi connectivity index (χ2v) is 4.78. The lowest BCUT2D eigenvalue weighted by atomic mass is 10.2. The lowest BCUT2D eigenvalue weighted by Crippen LogP contribution is -2.39. The first-order valence-electron chi connectivity index (χ1n) is 5.63. The number of fused-ring (bicyclic) bond motifs is 1. The van der Waals surface area contributed by atoms with Crippen LogP contribution in [-0.2, 0) is 13.1 Å². The summed E-state index contributed by atoms with van der Waals surface area (Å²) >= 11 is 3.15. The summed E-state index contributed by atoms with van der Waals surface area (Å²) in [5.41, 5.74) is -0.860. The lowest BCUT2D eigenvalue weighted by Gasteiger charge is -2.12. The Kier molecular flexibility index (Phi) is 3.38. The molecule has 96 valence electrons. The van der Waals surface area contributed by atoms with Crippen molar-refractivity contribution in [1.29, 1.82) is 0 Å². The smallest absolute Gasteiger partial charge is 0.290 e. The molecule has 1 heterocycles. The van der Waals surface area contributed by atoms with Crippen molar-refractivity contribution < 1.29 is 4.39 Å². The second kappa shape index (κ2) is 4.68. The first kappa shape index (κ1) is 13.0. The van der Waals surface area contributed by atoms with Crippen LogP contribution in [0.2, 0.25) is 0 Å². The van der Waals surface area contributed by atoms with E-state index >= 15 is 0 Å². The van der Waals surface area contributed by atoms with E-state index in [0.717, 1.165) is 4.57 Å². The monoisotopic (exact) mass is 314 g/mol. The first-order valence-corrected chi connectivity index (χ1v) is 6.43.